The lowest BCUT2D eigenvalue weighted by Gasteiger charge is -2.36. The number of hydrogen-bond donors (Lipinski definition) is 1. The molecule has 2 aromatic heterocycles. The van der Waals surface area contributed by atoms with Crippen molar-refractivity contribution in [1.82, 2.24) is 9.88 Å². The van der Waals surface area contributed by atoms with Crippen LogP contribution in [0.4, 0.5) is 0 Å². The number of nitrogens with zero attached hydrogens (tertiary/aromatic N) is 2. The summed E-state index contributed by atoms with van der Waals surface area (Å²) in [4.78, 5) is 17.3. The molecular formula is C24H20N2O3. The molecule has 1 N–H and O–H groups in total. The maximum absolute atomic E-state index is 10.9. The number of carboxylic acid groups (broad SMARTS) is 1. The second-order valence-corrected chi connectivity index (χ2v) is 7.50. The summed E-state index contributed by atoms with van der Waals surface area (Å²) in [6, 6.07) is 20.4. The average molecular weight is 384 g/mol. The molecule has 0 spiro atoms. The first-order valence-electron chi connectivity index (χ1n) is 9.65. The van der Waals surface area contributed by atoms with Gasteiger partial charge >= 0.3 is 5.97 Å². The number of carbonyl (C=O) groups is 1. The van der Waals surface area contributed by atoms with Crippen LogP contribution in [0.2, 0.25) is 0 Å². The van der Waals surface area contributed by atoms with Crippen LogP contribution >= 0.6 is 0 Å². The SMILES string of the molecule is O=C(O)C1CN(Cc2ccc(-c3cc4c(-c5cccnc5)cccc4o3)cc2)C1. The van der Waals surface area contributed by atoms with Gasteiger partial charge in [0, 0.05) is 48.5 Å². The third-order valence-corrected chi connectivity index (χ3v) is 5.49. The number of likely N-dealkylation sites (tertiary alicyclic amines) is 1. The van der Waals surface area contributed by atoms with E-state index >= 15 is 0 Å². The van der Waals surface area contributed by atoms with Gasteiger partial charge in [-0.1, -0.05) is 42.5 Å². The van der Waals surface area contributed by atoms with E-state index in [-0.39, 0.29) is 5.92 Å². The van der Waals surface area contributed by atoms with Crippen LogP contribution < -0.4 is 0 Å². The number of rotatable bonds is 5. The molecule has 0 atom stereocenters. The number of furan rings is 1. The molecule has 1 fully saturated rings. The minimum Gasteiger partial charge on any atom is -0.481 e. The molecule has 1 aliphatic rings. The zero-order valence-corrected chi connectivity index (χ0v) is 15.8. The van der Waals surface area contributed by atoms with Crippen molar-refractivity contribution in [3.05, 3.63) is 78.6 Å². The fourth-order valence-electron chi connectivity index (χ4n) is 3.86. The fraction of sp³-hybridized carbons (Fsp3) is 0.167. The fourth-order valence-corrected chi connectivity index (χ4v) is 3.86. The van der Waals surface area contributed by atoms with Crippen LogP contribution in [0.25, 0.3) is 33.4 Å². The van der Waals surface area contributed by atoms with Gasteiger partial charge in [-0.25, -0.2) is 0 Å². The van der Waals surface area contributed by atoms with Gasteiger partial charge in [0.05, 0.1) is 5.92 Å². The third kappa shape index (κ3) is 3.41. The molecule has 1 aliphatic heterocycles. The van der Waals surface area contributed by atoms with E-state index in [9.17, 15) is 4.79 Å². The summed E-state index contributed by atoms with van der Waals surface area (Å²) in [5, 5.41) is 10.1. The highest BCUT2D eigenvalue weighted by Crippen LogP contribution is 2.34. The normalized spacial score (nSPS) is 14.8. The Morgan fingerprint density at radius 1 is 1.07 bits per heavy atom. The summed E-state index contributed by atoms with van der Waals surface area (Å²) in [5.41, 5.74) is 5.22. The number of aromatic nitrogens is 1. The van der Waals surface area contributed by atoms with Gasteiger partial charge in [-0.05, 0) is 29.3 Å². The van der Waals surface area contributed by atoms with Gasteiger partial charge in [0.15, 0.2) is 0 Å². The van der Waals surface area contributed by atoms with E-state index < -0.39 is 5.97 Å². The Morgan fingerprint density at radius 3 is 2.62 bits per heavy atom. The summed E-state index contributed by atoms with van der Waals surface area (Å²) < 4.78 is 6.11. The van der Waals surface area contributed by atoms with Crippen LogP contribution in [0.1, 0.15) is 5.56 Å². The molecule has 4 aromatic rings. The summed E-state index contributed by atoms with van der Waals surface area (Å²) in [6.07, 6.45) is 3.63. The number of pyridine rings is 1. The molecule has 2 aromatic carbocycles. The molecule has 0 bridgehead atoms. The second-order valence-electron chi connectivity index (χ2n) is 7.50. The molecule has 0 aliphatic carbocycles. The minimum atomic E-state index is -0.702. The van der Waals surface area contributed by atoms with Crippen molar-refractivity contribution >= 4 is 16.9 Å². The summed E-state index contributed by atoms with van der Waals surface area (Å²) in [6.45, 7) is 2.02. The lowest BCUT2D eigenvalue weighted by molar-refractivity contribution is -0.147. The number of fused-ring (bicyclic) bond motifs is 1. The number of aliphatic carboxylic acids is 1. The Morgan fingerprint density at radius 2 is 1.90 bits per heavy atom. The summed E-state index contributed by atoms with van der Waals surface area (Å²) in [7, 11) is 0. The topological polar surface area (TPSA) is 66.6 Å². The van der Waals surface area contributed by atoms with Crippen molar-refractivity contribution < 1.29 is 14.3 Å². The van der Waals surface area contributed by atoms with Gasteiger partial charge in [0.2, 0.25) is 0 Å². The number of hydrogen-bond acceptors (Lipinski definition) is 4. The van der Waals surface area contributed by atoms with Crippen LogP contribution in [0, 0.1) is 5.92 Å². The monoisotopic (exact) mass is 384 g/mol. The van der Waals surface area contributed by atoms with E-state index in [4.69, 9.17) is 9.52 Å². The highest BCUT2D eigenvalue weighted by molar-refractivity contribution is 5.96. The minimum absolute atomic E-state index is 0.223. The smallest absolute Gasteiger partial charge is 0.309 e. The van der Waals surface area contributed by atoms with Crippen LogP contribution in [0.3, 0.4) is 0 Å². The number of carboxylic acids is 1. The first-order valence-corrected chi connectivity index (χ1v) is 9.65. The van der Waals surface area contributed by atoms with Crippen molar-refractivity contribution in [3.63, 3.8) is 0 Å². The first-order chi connectivity index (χ1) is 14.2. The van der Waals surface area contributed by atoms with E-state index in [1.165, 1.54) is 5.56 Å². The molecule has 5 rings (SSSR count). The lowest BCUT2D eigenvalue weighted by Crippen LogP contribution is -2.49. The predicted octanol–water partition coefficient (Wildman–Crippen LogP) is 4.68. The zero-order chi connectivity index (χ0) is 19.8. The molecule has 5 heteroatoms. The van der Waals surface area contributed by atoms with E-state index in [1.54, 1.807) is 6.20 Å². The molecule has 5 nitrogen and oxygen atoms in total. The van der Waals surface area contributed by atoms with Gasteiger partial charge in [0.1, 0.15) is 11.3 Å². The Kier molecular flexibility index (Phi) is 4.37. The zero-order valence-electron chi connectivity index (χ0n) is 15.8. The van der Waals surface area contributed by atoms with E-state index in [1.807, 2.05) is 30.5 Å². The van der Waals surface area contributed by atoms with Crippen LogP contribution in [-0.4, -0.2) is 34.0 Å². The highest BCUT2D eigenvalue weighted by atomic mass is 16.4. The molecule has 0 unspecified atom stereocenters. The van der Waals surface area contributed by atoms with E-state index in [2.05, 4.69) is 46.3 Å². The molecule has 0 saturated carbocycles. The second kappa shape index (κ2) is 7.18. The van der Waals surface area contributed by atoms with Gasteiger partial charge in [-0.3, -0.25) is 14.7 Å². The largest absolute Gasteiger partial charge is 0.481 e. The molecule has 0 amide bonds. The van der Waals surface area contributed by atoms with Crippen molar-refractivity contribution in [3.8, 4) is 22.5 Å². The van der Waals surface area contributed by atoms with Crippen molar-refractivity contribution in [2.75, 3.05) is 13.1 Å². The van der Waals surface area contributed by atoms with Crippen LogP contribution in [0.5, 0.6) is 0 Å². The molecule has 144 valence electrons. The van der Waals surface area contributed by atoms with Gasteiger partial charge in [0.25, 0.3) is 0 Å². The Bertz CT molecular complexity index is 1160. The molecule has 0 radical (unpaired) electrons. The van der Waals surface area contributed by atoms with Crippen molar-refractivity contribution in [2.45, 2.75) is 6.54 Å². The number of benzene rings is 2. The van der Waals surface area contributed by atoms with Gasteiger partial charge in [-0.15, -0.1) is 0 Å². The van der Waals surface area contributed by atoms with E-state index in [0.29, 0.717) is 13.1 Å². The van der Waals surface area contributed by atoms with Crippen LogP contribution in [0.15, 0.2) is 77.5 Å². The Balaban J connectivity index is 1.38. The van der Waals surface area contributed by atoms with Gasteiger partial charge < -0.3 is 9.52 Å². The highest BCUT2D eigenvalue weighted by Gasteiger charge is 2.32. The van der Waals surface area contributed by atoms with Crippen molar-refractivity contribution in [1.29, 1.82) is 0 Å². The van der Waals surface area contributed by atoms with Crippen molar-refractivity contribution in [2.24, 2.45) is 5.92 Å². The van der Waals surface area contributed by atoms with Crippen LogP contribution in [-0.2, 0) is 11.3 Å². The average Bonchev–Trinajstić information content (AvgIpc) is 3.15. The summed E-state index contributed by atoms with van der Waals surface area (Å²) >= 11 is 0. The predicted molar refractivity (Wildman–Crippen MR) is 111 cm³/mol. The molecule has 3 heterocycles. The Labute approximate surface area is 168 Å². The quantitative estimate of drug-likeness (QED) is 0.541. The molecule has 29 heavy (non-hydrogen) atoms. The van der Waals surface area contributed by atoms with Gasteiger partial charge in [-0.2, -0.15) is 0 Å². The first kappa shape index (κ1) is 17.6. The maximum atomic E-state index is 10.9. The summed E-state index contributed by atoms with van der Waals surface area (Å²) in [5.74, 6) is -0.0937. The lowest BCUT2D eigenvalue weighted by atomic mass is 9.99. The third-order valence-electron chi connectivity index (χ3n) is 5.49. The maximum Gasteiger partial charge on any atom is 0.309 e. The van der Waals surface area contributed by atoms with E-state index in [0.717, 1.165) is 40.0 Å². The molecular weight excluding hydrogens is 364 g/mol. The molecule has 1 saturated heterocycles. The standard InChI is InChI=1S/C24H20N2O3/c27-24(28)19-14-26(15-19)13-16-6-8-17(9-7-16)23-11-21-20(4-1-5-22(21)29-23)18-3-2-10-25-12-18/h1-12,19H,13-15H2,(H,27,28). The Hall–Kier alpha value is -3.44.